The standard InChI is InChI=1S/C18H17F2NO5S/c1-24-14-8-11(2-3-13(14)26-18(19)20)17(23)25-10-16(22)21-6-4-15-12(9-21)5-7-27-15/h2-3,5,7-8,18H,4,6,9-10H2,1H3. The molecule has 1 aliphatic heterocycles. The average Bonchev–Trinajstić information content (AvgIpc) is 3.13. The van der Waals surface area contributed by atoms with Crippen LogP contribution in [0.3, 0.4) is 0 Å². The number of hydrogen-bond donors (Lipinski definition) is 0. The van der Waals surface area contributed by atoms with Gasteiger partial charge in [-0.1, -0.05) is 0 Å². The van der Waals surface area contributed by atoms with Crippen molar-refractivity contribution in [3.05, 3.63) is 45.6 Å². The molecule has 1 aromatic heterocycles. The molecular formula is C18H17F2NO5S. The highest BCUT2D eigenvalue weighted by atomic mass is 32.1. The number of ether oxygens (including phenoxy) is 3. The summed E-state index contributed by atoms with van der Waals surface area (Å²) < 4.78 is 39.0. The van der Waals surface area contributed by atoms with Crippen molar-refractivity contribution in [2.24, 2.45) is 0 Å². The number of nitrogens with zero attached hydrogens (tertiary/aromatic N) is 1. The molecule has 0 radical (unpaired) electrons. The number of methoxy groups -OCH3 is 1. The Labute approximate surface area is 158 Å². The average molecular weight is 397 g/mol. The van der Waals surface area contributed by atoms with Crippen LogP contribution in [-0.2, 0) is 22.5 Å². The first kappa shape index (κ1) is 19.1. The van der Waals surface area contributed by atoms with Crippen LogP contribution in [0.25, 0.3) is 0 Å². The van der Waals surface area contributed by atoms with E-state index in [0.717, 1.165) is 12.0 Å². The Morgan fingerprint density at radius 2 is 2.07 bits per heavy atom. The van der Waals surface area contributed by atoms with Crippen LogP contribution in [0.1, 0.15) is 20.8 Å². The summed E-state index contributed by atoms with van der Waals surface area (Å²) in [6.45, 7) is -2.32. The van der Waals surface area contributed by atoms with Gasteiger partial charge in [0.05, 0.1) is 12.7 Å². The van der Waals surface area contributed by atoms with Gasteiger partial charge in [0.1, 0.15) is 0 Å². The van der Waals surface area contributed by atoms with Crippen molar-refractivity contribution in [3.8, 4) is 11.5 Å². The number of fused-ring (bicyclic) bond motifs is 1. The molecule has 144 valence electrons. The van der Waals surface area contributed by atoms with E-state index >= 15 is 0 Å². The molecule has 0 saturated carbocycles. The van der Waals surface area contributed by atoms with Gasteiger partial charge in [-0.15, -0.1) is 11.3 Å². The summed E-state index contributed by atoms with van der Waals surface area (Å²) in [6.07, 6.45) is 0.787. The Morgan fingerprint density at radius 1 is 1.26 bits per heavy atom. The molecule has 2 heterocycles. The summed E-state index contributed by atoms with van der Waals surface area (Å²) >= 11 is 1.67. The summed E-state index contributed by atoms with van der Waals surface area (Å²) in [5, 5.41) is 1.99. The van der Waals surface area contributed by atoms with E-state index in [4.69, 9.17) is 9.47 Å². The quantitative estimate of drug-likeness (QED) is 0.701. The molecule has 9 heteroatoms. The Hall–Kier alpha value is -2.68. The van der Waals surface area contributed by atoms with Gasteiger partial charge in [0.15, 0.2) is 18.1 Å². The molecule has 6 nitrogen and oxygen atoms in total. The topological polar surface area (TPSA) is 65.1 Å². The van der Waals surface area contributed by atoms with E-state index < -0.39 is 19.2 Å². The maximum absolute atomic E-state index is 12.3. The van der Waals surface area contributed by atoms with Crippen LogP contribution in [0.5, 0.6) is 11.5 Å². The second kappa shape index (κ2) is 8.34. The SMILES string of the molecule is COc1cc(C(=O)OCC(=O)N2CCc3sccc3C2)ccc1OC(F)F. The first-order valence-corrected chi connectivity index (χ1v) is 8.99. The predicted octanol–water partition coefficient (Wildman–Crippen LogP) is 3.10. The Bertz CT molecular complexity index is 839. The number of esters is 1. The molecule has 0 spiro atoms. The molecule has 2 aromatic rings. The highest BCUT2D eigenvalue weighted by Crippen LogP contribution is 2.29. The lowest BCUT2D eigenvalue weighted by molar-refractivity contribution is -0.135. The smallest absolute Gasteiger partial charge is 0.387 e. The maximum atomic E-state index is 12.3. The summed E-state index contributed by atoms with van der Waals surface area (Å²) in [7, 11) is 1.27. The highest BCUT2D eigenvalue weighted by Gasteiger charge is 2.23. The maximum Gasteiger partial charge on any atom is 0.387 e. The summed E-state index contributed by atoms with van der Waals surface area (Å²) in [6, 6.07) is 5.67. The van der Waals surface area contributed by atoms with Gasteiger partial charge in [0.2, 0.25) is 0 Å². The van der Waals surface area contributed by atoms with Gasteiger partial charge in [-0.2, -0.15) is 8.78 Å². The Morgan fingerprint density at radius 3 is 2.81 bits per heavy atom. The van der Waals surface area contributed by atoms with Crippen LogP contribution in [-0.4, -0.2) is 43.6 Å². The number of hydrogen-bond acceptors (Lipinski definition) is 6. The minimum Gasteiger partial charge on any atom is -0.493 e. The Balaban J connectivity index is 1.58. The number of halogens is 2. The number of carbonyl (C=O) groups excluding carboxylic acids is 2. The van der Waals surface area contributed by atoms with Crippen LogP contribution in [0.15, 0.2) is 29.6 Å². The van der Waals surface area contributed by atoms with Crippen molar-refractivity contribution in [1.82, 2.24) is 4.90 Å². The van der Waals surface area contributed by atoms with Gasteiger partial charge in [-0.05, 0) is 41.6 Å². The number of benzene rings is 1. The van der Waals surface area contributed by atoms with E-state index in [0.29, 0.717) is 13.1 Å². The van der Waals surface area contributed by atoms with E-state index in [1.807, 2.05) is 11.4 Å². The van der Waals surface area contributed by atoms with Crippen LogP contribution in [0.2, 0.25) is 0 Å². The van der Waals surface area contributed by atoms with Crippen LogP contribution >= 0.6 is 11.3 Å². The monoisotopic (exact) mass is 397 g/mol. The van der Waals surface area contributed by atoms with Gasteiger partial charge < -0.3 is 19.1 Å². The van der Waals surface area contributed by atoms with E-state index in [1.165, 1.54) is 30.2 Å². The van der Waals surface area contributed by atoms with Crippen molar-refractivity contribution >= 4 is 23.2 Å². The first-order valence-electron chi connectivity index (χ1n) is 8.11. The zero-order valence-electron chi connectivity index (χ0n) is 14.4. The van der Waals surface area contributed by atoms with Gasteiger partial charge >= 0.3 is 12.6 Å². The second-order valence-corrected chi connectivity index (χ2v) is 6.76. The fourth-order valence-electron chi connectivity index (χ4n) is 2.75. The molecular weight excluding hydrogens is 380 g/mol. The van der Waals surface area contributed by atoms with E-state index in [2.05, 4.69) is 4.74 Å². The van der Waals surface area contributed by atoms with Crippen molar-refractivity contribution in [3.63, 3.8) is 0 Å². The lowest BCUT2D eigenvalue weighted by atomic mass is 10.1. The minimum atomic E-state index is -3.01. The van der Waals surface area contributed by atoms with Crippen LogP contribution < -0.4 is 9.47 Å². The van der Waals surface area contributed by atoms with Gasteiger partial charge in [-0.3, -0.25) is 4.79 Å². The summed E-state index contributed by atoms with van der Waals surface area (Å²) in [5.74, 6) is -1.26. The molecule has 0 fully saturated rings. The minimum absolute atomic E-state index is 0.0305. The van der Waals surface area contributed by atoms with Crippen molar-refractivity contribution in [1.29, 1.82) is 0 Å². The van der Waals surface area contributed by atoms with Crippen LogP contribution in [0.4, 0.5) is 8.78 Å². The highest BCUT2D eigenvalue weighted by molar-refractivity contribution is 7.10. The number of rotatable bonds is 6. The molecule has 0 aliphatic carbocycles. The van der Waals surface area contributed by atoms with E-state index in [9.17, 15) is 18.4 Å². The number of carbonyl (C=O) groups is 2. The van der Waals surface area contributed by atoms with Gasteiger partial charge in [0.25, 0.3) is 5.91 Å². The predicted molar refractivity (Wildman–Crippen MR) is 93.3 cm³/mol. The van der Waals surface area contributed by atoms with Crippen molar-refractivity contribution < 1.29 is 32.6 Å². The lowest BCUT2D eigenvalue weighted by Gasteiger charge is -2.26. The summed E-state index contributed by atoms with van der Waals surface area (Å²) in [5.41, 5.74) is 1.19. The molecule has 1 amide bonds. The third kappa shape index (κ3) is 4.54. The zero-order chi connectivity index (χ0) is 19.4. The largest absolute Gasteiger partial charge is 0.493 e. The van der Waals surface area contributed by atoms with E-state index in [-0.39, 0.29) is 23.0 Å². The number of amides is 1. The molecule has 3 rings (SSSR count). The zero-order valence-corrected chi connectivity index (χ0v) is 15.3. The normalized spacial score (nSPS) is 13.3. The summed E-state index contributed by atoms with van der Waals surface area (Å²) in [4.78, 5) is 27.4. The molecule has 0 saturated heterocycles. The second-order valence-electron chi connectivity index (χ2n) is 5.75. The molecule has 1 aliphatic rings. The van der Waals surface area contributed by atoms with Crippen LogP contribution in [0, 0.1) is 0 Å². The fourth-order valence-corrected chi connectivity index (χ4v) is 3.64. The fraction of sp³-hybridized carbons (Fsp3) is 0.333. The molecule has 27 heavy (non-hydrogen) atoms. The Kier molecular flexibility index (Phi) is 5.90. The molecule has 1 aromatic carbocycles. The third-order valence-electron chi connectivity index (χ3n) is 4.10. The van der Waals surface area contributed by atoms with Gasteiger partial charge in [-0.25, -0.2) is 4.79 Å². The molecule has 0 unspecified atom stereocenters. The molecule has 0 atom stereocenters. The van der Waals surface area contributed by atoms with Crippen molar-refractivity contribution in [2.75, 3.05) is 20.3 Å². The first-order chi connectivity index (χ1) is 13.0. The number of thiophene rings is 1. The number of alkyl halides is 2. The third-order valence-corrected chi connectivity index (χ3v) is 5.13. The lowest BCUT2D eigenvalue weighted by Crippen LogP contribution is -2.38. The molecule has 0 N–H and O–H groups in total. The molecule has 0 bridgehead atoms. The van der Waals surface area contributed by atoms with Crippen molar-refractivity contribution in [2.45, 2.75) is 19.6 Å². The van der Waals surface area contributed by atoms with E-state index in [1.54, 1.807) is 16.2 Å². The van der Waals surface area contributed by atoms with Gasteiger partial charge in [0, 0.05) is 18.0 Å².